The van der Waals surface area contributed by atoms with Crippen molar-refractivity contribution in [1.82, 2.24) is 16.0 Å². The molecule has 1 fully saturated rings. The molecular formula is C12H21N3O4. The average Bonchev–Trinajstić information content (AvgIpc) is 2.38. The van der Waals surface area contributed by atoms with Crippen molar-refractivity contribution in [3.63, 3.8) is 0 Å². The topological polar surface area (TPSA) is 108 Å². The standard InChI is InChI=1S/C12H21N3O4/c1-13-10(16)5-6-14-12(19)15-9-4-2-3-8(7-9)11(17)18/h8-9H,2-7H2,1H3,(H,13,16)(H,17,18)(H2,14,15,19). The fourth-order valence-electron chi connectivity index (χ4n) is 2.20. The maximum Gasteiger partial charge on any atom is 0.315 e. The quantitative estimate of drug-likeness (QED) is 0.567. The molecule has 1 rings (SSSR count). The number of hydrogen-bond donors (Lipinski definition) is 4. The minimum Gasteiger partial charge on any atom is -0.481 e. The molecule has 7 heteroatoms. The summed E-state index contributed by atoms with van der Waals surface area (Å²) < 4.78 is 0. The lowest BCUT2D eigenvalue weighted by Gasteiger charge is -2.27. The predicted molar refractivity (Wildman–Crippen MR) is 68.6 cm³/mol. The summed E-state index contributed by atoms with van der Waals surface area (Å²) in [6.07, 6.45) is 2.98. The van der Waals surface area contributed by atoms with Gasteiger partial charge in [0.25, 0.3) is 0 Å². The van der Waals surface area contributed by atoms with Crippen molar-refractivity contribution in [2.45, 2.75) is 38.1 Å². The predicted octanol–water partition coefficient (Wildman–Crippen LogP) is 0.0651. The van der Waals surface area contributed by atoms with Crippen molar-refractivity contribution >= 4 is 17.9 Å². The second-order valence-corrected chi connectivity index (χ2v) is 4.72. The van der Waals surface area contributed by atoms with Gasteiger partial charge in [-0.25, -0.2) is 4.79 Å². The van der Waals surface area contributed by atoms with Crippen LogP contribution in [-0.4, -0.2) is 42.6 Å². The maximum absolute atomic E-state index is 11.6. The summed E-state index contributed by atoms with van der Waals surface area (Å²) in [5.74, 6) is -1.31. The van der Waals surface area contributed by atoms with Crippen LogP contribution in [0.1, 0.15) is 32.1 Å². The minimum atomic E-state index is -0.800. The van der Waals surface area contributed by atoms with Gasteiger partial charge < -0.3 is 21.1 Å². The van der Waals surface area contributed by atoms with Gasteiger partial charge in [0.1, 0.15) is 0 Å². The van der Waals surface area contributed by atoms with Gasteiger partial charge in [0, 0.05) is 26.1 Å². The van der Waals surface area contributed by atoms with Gasteiger partial charge in [0.15, 0.2) is 0 Å². The fraction of sp³-hybridized carbons (Fsp3) is 0.750. The van der Waals surface area contributed by atoms with Crippen LogP contribution >= 0.6 is 0 Å². The van der Waals surface area contributed by atoms with E-state index in [1.165, 1.54) is 7.05 Å². The summed E-state index contributed by atoms with van der Waals surface area (Å²) in [5, 5.41) is 16.7. The lowest BCUT2D eigenvalue weighted by molar-refractivity contribution is -0.143. The van der Waals surface area contributed by atoms with Crippen molar-refractivity contribution in [3.05, 3.63) is 0 Å². The van der Waals surface area contributed by atoms with Crippen LogP contribution in [0.2, 0.25) is 0 Å². The Morgan fingerprint density at radius 1 is 1.26 bits per heavy atom. The molecule has 1 aliphatic carbocycles. The summed E-state index contributed by atoms with van der Waals surface area (Å²) in [5.41, 5.74) is 0. The molecule has 0 aromatic heterocycles. The number of carbonyl (C=O) groups excluding carboxylic acids is 2. The second kappa shape index (κ2) is 7.60. The Bertz CT molecular complexity index is 346. The van der Waals surface area contributed by atoms with Crippen LogP contribution in [0.3, 0.4) is 0 Å². The average molecular weight is 271 g/mol. The van der Waals surface area contributed by atoms with Crippen molar-refractivity contribution in [2.75, 3.05) is 13.6 Å². The first-order valence-electron chi connectivity index (χ1n) is 6.50. The van der Waals surface area contributed by atoms with E-state index in [0.717, 1.165) is 12.8 Å². The Kier molecular flexibility index (Phi) is 6.11. The summed E-state index contributed by atoms with van der Waals surface area (Å²) in [7, 11) is 1.54. The SMILES string of the molecule is CNC(=O)CCNC(=O)NC1CCCC(C(=O)O)C1. The number of amides is 3. The Hall–Kier alpha value is -1.79. The lowest BCUT2D eigenvalue weighted by Crippen LogP contribution is -2.45. The van der Waals surface area contributed by atoms with E-state index in [-0.39, 0.29) is 36.9 Å². The molecule has 19 heavy (non-hydrogen) atoms. The zero-order chi connectivity index (χ0) is 14.3. The number of carbonyl (C=O) groups is 3. The van der Waals surface area contributed by atoms with Gasteiger partial charge in [0.05, 0.1) is 5.92 Å². The third kappa shape index (κ3) is 5.58. The number of aliphatic carboxylic acids is 1. The Balaban J connectivity index is 2.24. The van der Waals surface area contributed by atoms with Gasteiger partial charge in [-0.2, -0.15) is 0 Å². The highest BCUT2D eigenvalue weighted by Gasteiger charge is 2.27. The third-order valence-corrected chi connectivity index (χ3v) is 3.28. The molecule has 0 aromatic carbocycles. The van der Waals surface area contributed by atoms with E-state index >= 15 is 0 Å². The van der Waals surface area contributed by atoms with Crippen LogP contribution in [0.25, 0.3) is 0 Å². The molecule has 0 aromatic rings. The van der Waals surface area contributed by atoms with E-state index in [4.69, 9.17) is 5.11 Å². The first kappa shape index (κ1) is 15.3. The van der Waals surface area contributed by atoms with Crippen LogP contribution in [0, 0.1) is 5.92 Å². The van der Waals surface area contributed by atoms with Crippen molar-refractivity contribution in [3.8, 4) is 0 Å². The molecule has 1 saturated carbocycles. The van der Waals surface area contributed by atoms with Crippen LogP contribution in [0.4, 0.5) is 4.79 Å². The third-order valence-electron chi connectivity index (χ3n) is 3.28. The molecule has 1 aliphatic rings. The summed E-state index contributed by atoms with van der Waals surface area (Å²) in [4.78, 5) is 33.4. The van der Waals surface area contributed by atoms with Gasteiger partial charge >= 0.3 is 12.0 Å². The molecule has 4 N–H and O–H groups in total. The smallest absolute Gasteiger partial charge is 0.315 e. The van der Waals surface area contributed by atoms with Crippen molar-refractivity contribution in [1.29, 1.82) is 0 Å². The van der Waals surface area contributed by atoms with Gasteiger partial charge in [-0.1, -0.05) is 6.42 Å². The van der Waals surface area contributed by atoms with Crippen LogP contribution in [-0.2, 0) is 9.59 Å². The van der Waals surface area contributed by atoms with E-state index < -0.39 is 5.97 Å². The van der Waals surface area contributed by atoms with Crippen LogP contribution < -0.4 is 16.0 Å². The van der Waals surface area contributed by atoms with E-state index in [2.05, 4.69) is 16.0 Å². The Morgan fingerprint density at radius 2 is 2.00 bits per heavy atom. The highest BCUT2D eigenvalue weighted by molar-refractivity contribution is 5.78. The molecule has 2 atom stereocenters. The number of urea groups is 1. The van der Waals surface area contributed by atoms with Gasteiger partial charge in [-0.05, 0) is 19.3 Å². The van der Waals surface area contributed by atoms with Gasteiger partial charge in [0.2, 0.25) is 5.91 Å². The first-order chi connectivity index (χ1) is 9.02. The molecule has 2 unspecified atom stereocenters. The molecule has 0 heterocycles. The number of nitrogens with one attached hydrogen (secondary N) is 3. The van der Waals surface area contributed by atoms with Crippen molar-refractivity contribution < 1.29 is 19.5 Å². The first-order valence-corrected chi connectivity index (χ1v) is 6.50. The molecule has 0 saturated heterocycles. The number of carboxylic acid groups (broad SMARTS) is 1. The monoisotopic (exact) mass is 271 g/mol. The van der Waals surface area contributed by atoms with Gasteiger partial charge in [-0.15, -0.1) is 0 Å². The number of hydrogen-bond acceptors (Lipinski definition) is 3. The largest absolute Gasteiger partial charge is 0.481 e. The molecule has 7 nitrogen and oxygen atoms in total. The fourth-order valence-corrected chi connectivity index (χ4v) is 2.20. The Labute approximate surface area is 112 Å². The van der Waals surface area contributed by atoms with E-state index in [9.17, 15) is 14.4 Å². The van der Waals surface area contributed by atoms with Gasteiger partial charge in [-0.3, -0.25) is 9.59 Å². The van der Waals surface area contributed by atoms with Crippen LogP contribution in [0.15, 0.2) is 0 Å². The highest BCUT2D eigenvalue weighted by atomic mass is 16.4. The zero-order valence-electron chi connectivity index (χ0n) is 11.1. The van der Waals surface area contributed by atoms with E-state index in [1.807, 2.05) is 0 Å². The molecular weight excluding hydrogens is 250 g/mol. The van der Waals surface area contributed by atoms with Crippen molar-refractivity contribution in [2.24, 2.45) is 5.92 Å². The second-order valence-electron chi connectivity index (χ2n) is 4.72. The summed E-state index contributed by atoms with van der Waals surface area (Å²) in [6.45, 7) is 0.264. The van der Waals surface area contributed by atoms with Crippen LogP contribution in [0.5, 0.6) is 0 Å². The molecule has 0 aliphatic heterocycles. The maximum atomic E-state index is 11.6. The molecule has 3 amide bonds. The Morgan fingerprint density at radius 3 is 2.63 bits per heavy atom. The number of carboxylic acids is 1. The van der Waals surface area contributed by atoms with E-state index in [0.29, 0.717) is 12.8 Å². The zero-order valence-corrected chi connectivity index (χ0v) is 11.1. The lowest BCUT2D eigenvalue weighted by atomic mass is 9.86. The number of rotatable bonds is 5. The molecule has 0 spiro atoms. The highest BCUT2D eigenvalue weighted by Crippen LogP contribution is 2.24. The molecule has 0 bridgehead atoms. The summed E-state index contributed by atoms with van der Waals surface area (Å²) in [6, 6.07) is -0.449. The minimum absolute atomic E-state index is 0.102. The van der Waals surface area contributed by atoms with E-state index in [1.54, 1.807) is 0 Å². The normalized spacial score (nSPS) is 22.4. The molecule has 0 radical (unpaired) electrons. The summed E-state index contributed by atoms with van der Waals surface area (Å²) >= 11 is 0. The molecule has 108 valence electrons.